The summed E-state index contributed by atoms with van der Waals surface area (Å²) in [7, 11) is 1.42. The fraction of sp³-hybridized carbons (Fsp3) is 0.158. The van der Waals surface area contributed by atoms with Crippen molar-refractivity contribution in [2.24, 2.45) is 0 Å². The van der Waals surface area contributed by atoms with Gasteiger partial charge in [0.1, 0.15) is 5.82 Å². The van der Waals surface area contributed by atoms with E-state index in [-0.39, 0.29) is 22.5 Å². The van der Waals surface area contributed by atoms with Crippen molar-refractivity contribution in [2.45, 2.75) is 17.1 Å². The van der Waals surface area contributed by atoms with Crippen molar-refractivity contribution in [2.75, 3.05) is 7.11 Å². The van der Waals surface area contributed by atoms with Gasteiger partial charge in [0, 0.05) is 11.8 Å². The molecule has 28 heavy (non-hydrogen) atoms. The maximum Gasteiger partial charge on any atom is 0.433 e. The zero-order chi connectivity index (χ0) is 20.1. The van der Waals surface area contributed by atoms with Gasteiger partial charge in [0.2, 0.25) is 5.88 Å². The van der Waals surface area contributed by atoms with Crippen LogP contribution in [0.25, 0.3) is 0 Å². The molecule has 0 spiro atoms. The van der Waals surface area contributed by atoms with Gasteiger partial charge >= 0.3 is 6.18 Å². The predicted molar refractivity (Wildman–Crippen MR) is 96.1 cm³/mol. The lowest BCUT2D eigenvalue weighted by molar-refractivity contribution is -0.141. The van der Waals surface area contributed by atoms with E-state index >= 15 is 0 Å². The summed E-state index contributed by atoms with van der Waals surface area (Å²) >= 11 is 0.879. The lowest BCUT2D eigenvalue weighted by Crippen LogP contribution is -2.10. The van der Waals surface area contributed by atoms with E-state index in [2.05, 4.69) is 9.97 Å². The van der Waals surface area contributed by atoms with E-state index in [0.717, 1.165) is 11.8 Å². The molecule has 1 heterocycles. The Hall–Kier alpha value is -2.81. The van der Waals surface area contributed by atoms with Crippen LogP contribution in [-0.4, -0.2) is 17.1 Å². The molecule has 0 saturated heterocycles. The van der Waals surface area contributed by atoms with Crippen LogP contribution in [0.15, 0.2) is 59.8 Å². The van der Waals surface area contributed by atoms with Gasteiger partial charge in [-0.25, -0.2) is 9.37 Å². The Bertz CT molecular complexity index is 967. The predicted octanol–water partition coefficient (Wildman–Crippen LogP) is 5.73. The number of hydrogen-bond acceptors (Lipinski definition) is 5. The first-order valence-corrected chi connectivity index (χ1v) is 8.98. The molecule has 1 aromatic heterocycles. The van der Waals surface area contributed by atoms with Crippen LogP contribution in [0.5, 0.6) is 17.4 Å². The molecule has 0 amide bonds. The highest BCUT2D eigenvalue weighted by atomic mass is 32.2. The monoisotopic (exact) mass is 410 g/mol. The minimum absolute atomic E-state index is 0.0715. The van der Waals surface area contributed by atoms with Crippen molar-refractivity contribution in [3.63, 3.8) is 0 Å². The highest BCUT2D eigenvalue weighted by Crippen LogP contribution is 2.35. The summed E-state index contributed by atoms with van der Waals surface area (Å²) in [5.74, 6) is -0.116. The van der Waals surface area contributed by atoms with Gasteiger partial charge in [0.05, 0.1) is 7.11 Å². The van der Waals surface area contributed by atoms with E-state index in [0.29, 0.717) is 17.4 Å². The Balaban J connectivity index is 1.90. The number of nitrogens with zero attached hydrogens (tertiary/aromatic N) is 2. The number of thioether (sulfide) groups is 1. The smallest absolute Gasteiger partial charge is 0.433 e. The summed E-state index contributed by atoms with van der Waals surface area (Å²) in [4.78, 5) is 7.54. The molecule has 0 fully saturated rings. The van der Waals surface area contributed by atoms with Crippen LogP contribution >= 0.6 is 11.8 Å². The number of hydrogen-bond donors (Lipinski definition) is 0. The molecule has 146 valence electrons. The highest BCUT2D eigenvalue weighted by Gasteiger charge is 2.34. The zero-order valence-corrected chi connectivity index (χ0v) is 15.4. The van der Waals surface area contributed by atoms with Gasteiger partial charge in [0.15, 0.2) is 22.3 Å². The second-order valence-electron chi connectivity index (χ2n) is 5.50. The van der Waals surface area contributed by atoms with Gasteiger partial charge in [0.25, 0.3) is 0 Å². The van der Waals surface area contributed by atoms with Gasteiger partial charge < -0.3 is 9.47 Å². The average molecular weight is 410 g/mol. The second-order valence-corrected chi connectivity index (χ2v) is 6.45. The van der Waals surface area contributed by atoms with Crippen LogP contribution < -0.4 is 9.47 Å². The van der Waals surface area contributed by atoms with Crippen molar-refractivity contribution in [1.29, 1.82) is 0 Å². The number of methoxy groups -OCH3 is 1. The van der Waals surface area contributed by atoms with Gasteiger partial charge in [-0.05, 0) is 23.8 Å². The number of para-hydroxylation sites is 2. The molecule has 4 nitrogen and oxygen atoms in total. The minimum Gasteiger partial charge on any atom is -0.493 e. The average Bonchev–Trinajstić information content (AvgIpc) is 2.67. The Labute approximate surface area is 162 Å². The number of alkyl halides is 3. The van der Waals surface area contributed by atoms with Gasteiger partial charge in [-0.2, -0.15) is 18.2 Å². The first-order valence-electron chi connectivity index (χ1n) is 8.00. The van der Waals surface area contributed by atoms with Crippen LogP contribution in [0.4, 0.5) is 17.6 Å². The molecule has 0 saturated carbocycles. The number of rotatable bonds is 6. The van der Waals surface area contributed by atoms with Gasteiger partial charge in [-0.3, -0.25) is 0 Å². The summed E-state index contributed by atoms with van der Waals surface area (Å²) in [6, 6.07) is 13.2. The van der Waals surface area contributed by atoms with Crippen LogP contribution in [0.2, 0.25) is 0 Å². The third-order valence-electron chi connectivity index (χ3n) is 3.57. The first kappa shape index (κ1) is 19.9. The second kappa shape index (κ2) is 8.47. The number of ether oxygens (including phenoxy) is 2. The Morgan fingerprint density at radius 1 is 0.964 bits per heavy atom. The third kappa shape index (κ3) is 4.92. The van der Waals surface area contributed by atoms with Crippen LogP contribution in [0.3, 0.4) is 0 Å². The maximum atomic E-state index is 13.7. The highest BCUT2D eigenvalue weighted by molar-refractivity contribution is 7.98. The van der Waals surface area contributed by atoms with Crippen LogP contribution in [-0.2, 0) is 11.9 Å². The van der Waals surface area contributed by atoms with Gasteiger partial charge in [-0.15, -0.1) is 0 Å². The molecular formula is C19H14F4N2O2S. The van der Waals surface area contributed by atoms with E-state index in [1.807, 2.05) is 0 Å². The van der Waals surface area contributed by atoms with E-state index in [1.165, 1.54) is 19.2 Å². The molecule has 0 N–H and O–H groups in total. The fourth-order valence-corrected chi connectivity index (χ4v) is 3.08. The van der Waals surface area contributed by atoms with Crippen molar-refractivity contribution >= 4 is 11.8 Å². The molecule has 0 aliphatic carbocycles. The molecule has 0 atom stereocenters. The Morgan fingerprint density at radius 2 is 1.64 bits per heavy atom. The lowest BCUT2D eigenvalue weighted by Gasteiger charge is -2.12. The normalized spacial score (nSPS) is 11.3. The standard InChI is InChI=1S/C19H14F4N2O2S/c1-26-14-8-4-5-9-15(14)27-17-10-16(19(21,22)23)24-18(25-17)28-11-12-6-2-3-7-13(12)20/h2-10H,11H2,1H3. The third-order valence-corrected chi connectivity index (χ3v) is 4.47. The molecule has 0 aliphatic heterocycles. The van der Waals surface area contributed by atoms with E-state index in [1.54, 1.807) is 36.4 Å². The molecule has 3 rings (SSSR count). The molecule has 0 unspecified atom stereocenters. The van der Waals surface area contributed by atoms with Crippen molar-refractivity contribution in [1.82, 2.24) is 9.97 Å². The van der Waals surface area contributed by atoms with Crippen molar-refractivity contribution in [3.8, 4) is 17.4 Å². The van der Waals surface area contributed by atoms with Crippen molar-refractivity contribution < 1.29 is 27.0 Å². The summed E-state index contributed by atoms with van der Waals surface area (Å²) in [6.07, 6.45) is -4.69. The summed E-state index contributed by atoms with van der Waals surface area (Å²) in [5, 5.41) is -0.178. The van der Waals surface area contributed by atoms with Gasteiger partial charge in [-0.1, -0.05) is 42.1 Å². The Morgan fingerprint density at radius 3 is 2.32 bits per heavy atom. The van der Waals surface area contributed by atoms with Crippen molar-refractivity contribution in [3.05, 3.63) is 71.7 Å². The largest absolute Gasteiger partial charge is 0.493 e. The molecule has 0 bridgehead atoms. The van der Waals surface area contributed by atoms with E-state index in [9.17, 15) is 17.6 Å². The number of aromatic nitrogens is 2. The van der Waals surface area contributed by atoms with Crippen LogP contribution in [0.1, 0.15) is 11.3 Å². The molecule has 2 aromatic carbocycles. The maximum absolute atomic E-state index is 13.7. The summed E-state index contributed by atoms with van der Waals surface area (Å²) < 4.78 is 64.0. The number of halogens is 4. The lowest BCUT2D eigenvalue weighted by atomic mass is 10.2. The van der Waals surface area contributed by atoms with E-state index < -0.39 is 17.7 Å². The number of benzene rings is 2. The molecule has 9 heteroatoms. The first-order chi connectivity index (χ1) is 13.4. The zero-order valence-electron chi connectivity index (χ0n) is 14.5. The molecule has 3 aromatic rings. The minimum atomic E-state index is -4.69. The summed E-state index contributed by atoms with van der Waals surface area (Å²) in [6.45, 7) is 0. The Kier molecular flexibility index (Phi) is 6.03. The van der Waals surface area contributed by atoms with E-state index in [4.69, 9.17) is 9.47 Å². The summed E-state index contributed by atoms with van der Waals surface area (Å²) in [5.41, 5.74) is -0.816. The molecule has 0 radical (unpaired) electrons. The fourth-order valence-electron chi connectivity index (χ4n) is 2.24. The molecule has 0 aliphatic rings. The molecular weight excluding hydrogens is 396 g/mol. The van der Waals surface area contributed by atoms with Crippen LogP contribution in [0, 0.1) is 5.82 Å². The topological polar surface area (TPSA) is 44.2 Å². The quantitative estimate of drug-likeness (QED) is 0.295. The SMILES string of the molecule is COc1ccccc1Oc1cc(C(F)(F)F)nc(SCc2ccccc2F)n1.